The lowest BCUT2D eigenvalue weighted by molar-refractivity contribution is 0.0734. The van der Waals surface area contributed by atoms with E-state index in [1.807, 2.05) is 19.1 Å². The van der Waals surface area contributed by atoms with Crippen LogP contribution < -0.4 is 5.73 Å². The molecule has 38 heavy (non-hydrogen) atoms. The predicted octanol–water partition coefficient (Wildman–Crippen LogP) is 3.80. The monoisotopic (exact) mass is 503 g/mol. The van der Waals surface area contributed by atoms with E-state index in [9.17, 15) is 15.3 Å². The number of hydrogen-bond acceptors (Lipinski definition) is 7. The molecule has 4 heterocycles. The number of aromatic nitrogens is 4. The summed E-state index contributed by atoms with van der Waals surface area (Å²) in [6.45, 7) is -0.808. The topological polar surface area (TPSA) is 137 Å². The Labute approximate surface area is 223 Å². The molecule has 2 bridgehead atoms. The second kappa shape index (κ2) is 7.47. The number of amides is 1. The Morgan fingerprint density at radius 3 is 2.66 bits per heavy atom. The molecule has 1 fully saturated rings. The van der Waals surface area contributed by atoms with Gasteiger partial charge in [0.25, 0.3) is 5.91 Å². The molecule has 1 aliphatic heterocycles. The van der Waals surface area contributed by atoms with E-state index in [4.69, 9.17) is 14.9 Å². The zero-order valence-corrected chi connectivity index (χ0v) is 20.5. The second-order valence-corrected chi connectivity index (χ2v) is 10.9. The van der Waals surface area contributed by atoms with Crippen molar-refractivity contribution in [3.63, 3.8) is 0 Å². The lowest BCUT2D eigenvalue weighted by Crippen LogP contribution is -2.54. The number of benzene rings is 1. The SMILES string of the molecule is [2H]C([2H])([2H])N1C(=O)c2cccc(C#N)c2[C@H]2C[C@@H]1c1nn3ccc(-c4cnc(C5(N)CC(C)(C#N)C5)nc4)cc3c12. The number of pyridine rings is 1. The van der Waals surface area contributed by atoms with Crippen molar-refractivity contribution in [1.29, 1.82) is 10.5 Å². The molecule has 4 aromatic rings. The van der Waals surface area contributed by atoms with E-state index >= 15 is 0 Å². The van der Waals surface area contributed by atoms with Gasteiger partial charge in [-0.15, -0.1) is 0 Å². The van der Waals surface area contributed by atoms with Crippen LogP contribution in [0.3, 0.4) is 0 Å². The lowest BCUT2D eigenvalue weighted by atomic mass is 9.59. The van der Waals surface area contributed by atoms with Crippen molar-refractivity contribution >= 4 is 11.4 Å². The lowest BCUT2D eigenvalue weighted by Gasteiger charge is -2.47. The van der Waals surface area contributed by atoms with Gasteiger partial charge in [-0.05, 0) is 61.6 Å². The van der Waals surface area contributed by atoms with E-state index in [-0.39, 0.29) is 11.5 Å². The van der Waals surface area contributed by atoms with Crippen LogP contribution in [-0.4, -0.2) is 37.4 Å². The first-order valence-corrected chi connectivity index (χ1v) is 12.4. The van der Waals surface area contributed by atoms with Crippen molar-refractivity contribution in [3.05, 3.63) is 82.7 Å². The van der Waals surface area contributed by atoms with Gasteiger partial charge in [0.1, 0.15) is 5.82 Å². The highest BCUT2D eigenvalue weighted by Gasteiger charge is 2.52. The van der Waals surface area contributed by atoms with Crippen molar-refractivity contribution in [2.24, 2.45) is 11.1 Å². The fourth-order valence-corrected chi connectivity index (χ4v) is 6.62. The molecular weight excluding hydrogens is 476 g/mol. The van der Waals surface area contributed by atoms with E-state index in [1.54, 1.807) is 41.3 Å². The third-order valence-electron chi connectivity index (χ3n) is 8.27. The Hall–Kier alpha value is -4.60. The van der Waals surface area contributed by atoms with Gasteiger partial charge in [0, 0.05) is 52.3 Å². The molecule has 2 aliphatic carbocycles. The maximum Gasteiger partial charge on any atom is 0.254 e. The molecule has 2 N–H and O–H groups in total. The number of carbonyl (C=O) groups is 1. The van der Waals surface area contributed by atoms with Gasteiger partial charge in [0.2, 0.25) is 0 Å². The van der Waals surface area contributed by atoms with Crippen molar-refractivity contribution < 1.29 is 8.91 Å². The summed E-state index contributed by atoms with van der Waals surface area (Å²) in [6, 6.07) is 12.4. The molecule has 1 saturated carbocycles. The number of rotatable bonds is 2. The van der Waals surface area contributed by atoms with Crippen LogP contribution in [-0.2, 0) is 5.54 Å². The Morgan fingerprint density at radius 2 is 1.95 bits per heavy atom. The van der Waals surface area contributed by atoms with Crippen molar-refractivity contribution in [1.82, 2.24) is 24.5 Å². The quantitative estimate of drug-likeness (QED) is 0.439. The molecule has 2 atom stereocenters. The molecule has 1 amide bonds. The van der Waals surface area contributed by atoms with E-state index < -0.39 is 29.9 Å². The highest BCUT2D eigenvalue weighted by molar-refractivity contribution is 5.98. The number of carbonyl (C=O) groups excluding carboxylic acids is 1. The third-order valence-corrected chi connectivity index (χ3v) is 8.27. The number of nitrogens with zero attached hydrogens (tertiary/aromatic N) is 7. The standard InChI is InChI=1S/C29H24N8O/c1-28(15-31)13-29(32,14-28)27-33-11-18(12-34-27)16-6-7-37-21(8-16)24-20-9-22(25(24)35-37)36(2)26(38)19-5-3-4-17(10-30)23(19)20/h3-8,11-12,20,22H,9,13-14,32H2,1-2H3/t20-,22-,28?,29?/m1/s1/i2D3. The summed E-state index contributed by atoms with van der Waals surface area (Å²) < 4.78 is 26.2. The summed E-state index contributed by atoms with van der Waals surface area (Å²) in [6.07, 6.45) is 6.52. The Morgan fingerprint density at radius 1 is 1.16 bits per heavy atom. The van der Waals surface area contributed by atoms with Crippen LogP contribution in [0.4, 0.5) is 0 Å². The van der Waals surface area contributed by atoms with Crippen LogP contribution in [0.1, 0.15) is 80.8 Å². The van der Waals surface area contributed by atoms with Gasteiger partial charge in [0.15, 0.2) is 0 Å². The third kappa shape index (κ3) is 2.94. The summed E-state index contributed by atoms with van der Waals surface area (Å²) in [4.78, 5) is 23.6. The fraction of sp³-hybridized carbons (Fsp3) is 0.310. The van der Waals surface area contributed by atoms with E-state index in [0.717, 1.165) is 27.1 Å². The van der Waals surface area contributed by atoms with Crippen LogP contribution in [0.5, 0.6) is 0 Å². The Kier molecular flexibility index (Phi) is 3.83. The van der Waals surface area contributed by atoms with Crippen LogP contribution in [0.2, 0.25) is 0 Å². The first-order chi connectivity index (χ1) is 19.5. The molecular formula is C29H24N8O. The molecule has 0 spiro atoms. The first kappa shape index (κ1) is 19.5. The van der Waals surface area contributed by atoms with E-state index in [0.29, 0.717) is 41.9 Å². The van der Waals surface area contributed by atoms with Gasteiger partial charge in [0.05, 0.1) is 45.9 Å². The average Bonchev–Trinajstić information content (AvgIpc) is 3.44. The molecule has 9 nitrogen and oxygen atoms in total. The number of nitriles is 2. The molecule has 1 aromatic carbocycles. The summed E-state index contributed by atoms with van der Waals surface area (Å²) in [5.74, 6) is -0.501. The van der Waals surface area contributed by atoms with Crippen molar-refractivity contribution in [2.75, 3.05) is 6.98 Å². The molecule has 3 aromatic heterocycles. The highest BCUT2D eigenvalue weighted by Crippen LogP contribution is 2.53. The van der Waals surface area contributed by atoms with Crippen LogP contribution in [0, 0.1) is 28.1 Å². The van der Waals surface area contributed by atoms with Crippen molar-refractivity contribution in [2.45, 2.75) is 43.7 Å². The average molecular weight is 504 g/mol. The second-order valence-electron chi connectivity index (χ2n) is 10.9. The van der Waals surface area contributed by atoms with E-state index in [2.05, 4.69) is 22.1 Å². The first-order valence-electron chi connectivity index (χ1n) is 13.9. The Bertz CT molecular complexity index is 1860. The minimum Gasteiger partial charge on any atom is -0.333 e. The Balaban J connectivity index is 1.34. The molecule has 9 heteroatoms. The molecule has 0 radical (unpaired) electrons. The minimum atomic E-state index is -2.69. The number of nitrogens with two attached hydrogens (primary N) is 1. The normalized spacial score (nSPS) is 28.7. The minimum absolute atomic E-state index is 0.233. The van der Waals surface area contributed by atoms with Gasteiger partial charge in [-0.3, -0.25) is 4.79 Å². The summed E-state index contributed by atoms with van der Waals surface area (Å²) >= 11 is 0. The summed E-state index contributed by atoms with van der Waals surface area (Å²) in [7, 11) is 0. The smallest absolute Gasteiger partial charge is 0.254 e. The zero-order valence-electron chi connectivity index (χ0n) is 23.5. The zero-order chi connectivity index (χ0) is 28.9. The van der Waals surface area contributed by atoms with Gasteiger partial charge < -0.3 is 10.6 Å². The fourth-order valence-electron chi connectivity index (χ4n) is 6.62. The molecule has 0 saturated heterocycles. The number of fused-ring (bicyclic) bond motifs is 9. The van der Waals surface area contributed by atoms with Gasteiger partial charge in [-0.2, -0.15) is 15.6 Å². The maximum absolute atomic E-state index is 13.6. The molecule has 186 valence electrons. The van der Waals surface area contributed by atoms with E-state index in [1.165, 1.54) is 0 Å². The predicted molar refractivity (Wildman–Crippen MR) is 137 cm³/mol. The van der Waals surface area contributed by atoms with Crippen LogP contribution >= 0.6 is 0 Å². The maximum atomic E-state index is 13.6. The van der Waals surface area contributed by atoms with Crippen molar-refractivity contribution in [3.8, 4) is 23.3 Å². The van der Waals surface area contributed by atoms with Gasteiger partial charge in [-0.25, -0.2) is 14.5 Å². The largest absolute Gasteiger partial charge is 0.333 e. The van der Waals surface area contributed by atoms with Crippen LogP contribution in [0.25, 0.3) is 16.6 Å². The number of hydrogen-bond donors (Lipinski definition) is 1. The molecule has 3 aliphatic rings. The van der Waals surface area contributed by atoms with Gasteiger partial charge >= 0.3 is 0 Å². The molecule has 7 rings (SSSR count). The molecule has 0 unspecified atom stereocenters. The van der Waals surface area contributed by atoms with Crippen LogP contribution in [0.15, 0.2) is 48.9 Å². The summed E-state index contributed by atoms with van der Waals surface area (Å²) in [5, 5.41) is 24.0. The highest BCUT2D eigenvalue weighted by atomic mass is 16.2. The summed E-state index contributed by atoms with van der Waals surface area (Å²) in [5.41, 5.74) is 10.1. The van der Waals surface area contributed by atoms with Gasteiger partial charge in [-0.1, -0.05) is 6.07 Å².